The zero-order valence-electron chi connectivity index (χ0n) is 15.1. The van der Waals surface area contributed by atoms with Crippen LogP contribution in [-0.4, -0.2) is 23.3 Å². The van der Waals surface area contributed by atoms with Gasteiger partial charge in [-0.05, 0) is 49.4 Å². The third kappa shape index (κ3) is 3.81. The lowest BCUT2D eigenvalue weighted by atomic mass is 10.2. The Labute approximate surface area is 170 Å². The molecule has 7 heteroatoms. The fraction of sp³-hybridized carbons (Fsp3) is 0.0952. The van der Waals surface area contributed by atoms with Crippen LogP contribution < -0.4 is 10.6 Å². The molecule has 0 atom stereocenters. The number of anilines is 1. The molecule has 140 valence electrons. The molecule has 0 unspecified atom stereocenters. The van der Waals surface area contributed by atoms with Crippen LogP contribution in [-0.2, 0) is 0 Å². The lowest BCUT2D eigenvalue weighted by Gasteiger charge is -2.06. The lowest BCUT2D eigenvalue weighted by molar-refractivity contribution is 0.0954. The number of aromatic nitrogens is 1. The van der Waals surface area contributed by atoms with E-state index in [0.29, 0.717) is 22.7 Å². The Hall–Kier alpha value is -3.03. The summed E-state index contributed by atoms with van der Waals surface area (Å²) in [6.45, 7) is 2.42. The molecule has 0 aliphatic rings. The van der Waals surface area contributed by atoms with Crippen molar-refractivity contribution < 1.29 is 9.59 Å². The number of benzene rings is 2. The molecule has 2 heterocycles. The number of nitrogens with zero attached hydrogens (tertiary/aromatic N) is 1. The van der Waals surface area contributed by atoms with Crippen LogP contribution in [0, 0.1) is 0 Å². The molecule has 4 aromatic rings. The van der Waals surface area contributed by atoms with Gasteiger partial charge in [-0.3, -0.25) is 9.59 Å². The van der Waals surface area contributed by atoms with E-state index in [1.54, 1.807) is 41.7 Å². The number of hydrogen-bond acceptors (Lipinski definition) is 5. The first-order valence-corrected chi connectivity index (χ1v) is 10.4. The van der Waals surface area contributed by atoms with Gasteiger partial charge in [0, 0.05) is 17.8 Å². The van der Waals surface area contributed by atoms with Crippen LogP contribution >= 0.6 is 22.7 Å². The Bertz CT molecular complexity index is 1130. The molecule has 0 saturated carbocycles. The molecule has 2 amide bonds. The van der Waals surface area contributed by atoms with Crippen molar-refractivity contribution in [3.8, 4) is 9.88 Å². The maximum absolute atomic E-state index is 12.6. The van der Waals surface area contributed by atoms with Crippen molar-refractivity contribution in [3.05, 3.63) is 71.1 Å². The van der Waals surface area contributed by atoms with E-state index in [-0.39, 0.29) is 11.8 Å². The van der Waals surface area contributed by atoms with Crippen LogP contribution in [0.4, 0.5) is 5.69 Å². The SMILES string of the molecule is CCNC(=O)c1cccc(NC(=O)c2ccc(-c3nc4ccccc4s3)s2)c1. The van der Waals surface area contributed by atoms with Gasteiger partial charge in [0.15, 0.2) is 0 Å². The molecular weight excluding hydrogens is 390 g/mol. The summed E-state index contributed by atoms with van der Waals surface area (Å²) in [4.78, 5) is 30.8. The molecular formula is C21H17N3O2S2. The molecule has 2 aromatic heterocycles. The normalized spacial score (nSPS) is 10.8. The summed E-state index contributed by atoms with van der Waals surface area (Å²) in [5.74, 6) is -0.363. The molecule has 2 N–H and O–H groups in total. The topological polar surface area (TPSA) is 71.1 Å². The maximum Gasteiger partial charge on any atom is 0.265 e. The largest absolute Gasteiger partial charge is 0.352 e. The maximum atomic E-state index is 12.6. The fourth-order valence-corrected chi connectivity index (χ4v) is 4.67. The molecule has 28 heavy (non-hydrogen) atoms. The second-order valence-electron chi connectivity index (χ2n) is 6.05. The first kappa shape index (κ1) is 18.3. The van der Waals surface area contributed by atoms with Crippen molar-refractivity contribution in [3.63, 3.8) is 0 Å². The molecule has 0 fully saturated rings. The molecule has 0 radical (unpaired) electrons. The molecule has 5 nitrogen and oxygen atoms in total. The van der Waals surface area contributed by atoms with E-state index in [1.165, 1.54) is 11.3 Å². The fourth-order valence-electron chi connectivity index (χ4n) is 2.75. The zero-order chi connectivity index (χ0) is 19.5. The summed E-state index contributed by atoms with van der Waals surface area (Å²) < 4.78 is 1.12. The number of carbonyl (C=O) groups excluding carboxylic acids is 2. The van der Waals surface area contributed by atoms with Crippen LogP contribution in [0.1, 0.15) is 27.0 Å². The van der Waals surface area contributed by atoms with Crippen molar-refractivity contribution in [2.45, 2.75) is 6.92 Å². The van der Waals surface area contributed by atoms with Crippen molar-refractivity contribution in [1.29, 1.82) is 0 Å². The first-order chi connectivity index (χ1) is 13.6. The number of amides is 2. The van der Waals surface area contributed by atoms with E-state index in [1.807, 2.05) is 37.3 Å². The number of fused-ring (bicyclic) bond motifs is 1. The van der Waals surface area contributed by atoms with Gasteiger partial charge >= 0.3 is 0 Å². The Balaban J connectivity index is 1.52. The van der Waals surface area contributed by atoms with E-state index in [0.717, 1.165) is 20.1 Å². The number of hydrogen-bond donors (Lipinski definition) is 2. The van der Waals surface area contributed by atoms with Crippen LogP contribution in [0.15, 0.2) is 60.7 Å². The average molecular weight is 408 g/mol. The quantitative estimate of drug-likeness (QED) is 0.488. The van der Waals surface area contributed by atoms with E-state index in [9.17, 15) is 9.59 Å². The molecule has 0 spiro atoms. The van der Waals surface area contributed by atoms with Crippen LogP contribution in [0.25, 0.3) is 20.1 Å². The number of carbonyl (C=O) groups is 2. The van der Waals surface area contributed by atoms with Crippen LogP contribution in [0.2, 0.25) is 0 Å². The van der Waals surface area contributed by atoms with Gasteiger partial charge in [-0.2, -0.15) is 0 Å². The predicted octanol–water partition coefficient (Wildman–Crippen LogP) is 5.03. The Morgan fingerprint density at radius 1 is 0.964 bits per heavy atom. The van der Waals surface area contributed by atoms with Crippen molar-refractivity contribution in [1.82, 2.24) is 10.3 Å². The van der Waals surface area contributed by atoms with E-state index < -0.39 is 0 Å². The van der Waals surface area contributed by atoms with Gasteiger partial charge in [-0.15, -0.1) is 22.7 Å². The molecule has 0 aliphatic heterocycles. The second kappa shape index (κ2) is 7.92. The van der Waals surface area contributed by atoms with Crippen molar-refractivity contribution >= 4 is 50.4 Å². The highest BCUT2D eigenvalue weighted by atomic mass is 32.1. The molecule has 2 aromatic carbocycles. The highest BCUT2D eigenvalue weighted by Crippen LogP contribution is 2.34. The van der Waals surface area contributed by atoms with Crippen molar-refractivity contribution in [2.75, 3.05) is 11.9 Å². The van der Waals surface area contributed by atoms with E-state index in [4.69, 9.17) is 0 Å². The zero-order valence-corrected chi connectivity index (χ0v) is 16.7. The third-order valence-corrected chi connectivity index (χ3v) is 6.34. The summed E-state index contributed by atoms with van der Waals surface area (Å²) in [5.41, 5.74) is 2.06. The third-order valence-electron chi connectivity index (χ3n) is 4.05. The predicted molar refractivity (Wildman–Crippen MR) is 115 cm³/mol. The summed E-state index contributed by atoms with van der Waals surface area (Å²) in [6.07, 6.45) is 0. The monoisotopic (exact) mass is 407 g/mol. The first-order valence-electron chi connectivity index (χ1n) is 8.79. The number of thiophene rings is 1. The smallest absolute Gasteiger partial charge is 0.265 e. The Morgan fingerprint density at radius 3 is 2.64 bits per heavy atom. The minimum Gasteiger partial charge on any atom is -0.352 e. The van der Waals surface area contributed by atoms with Crippen LogP contribution in [0.3, 0.4) is 0 Å². The number of nitrogens with one attached hydrogen (secondary N) is 2. The minimum atomic E-state index is -0.203. The van der Waals surface area contributed by atoms with Gasteiger partial charge in [0.1, 0.15) is 5.01 Å². The van der Waals surface area contributed by atoms with Gasteiger partial charge in [-0.1, -0.05) is 18.2 Å². The Morgan fingerprint density at radius 2 is 1.82 bits per heavy atom. The number of thiazole rings is 1. The summed E-state index contributed by atoms with van der Waals surface area (Å²) in [7, 11) is 0. The highest BCUT2D eigenvalue weighted by Gasteiger charge is 2.14. The average Bonchev–Trinajstić information content (AvgIpc) is 3.35. The molecule has 4 rings (SSSR count). The summed E-state index contributed by atoms with van der Waals surface area (Å²) in [6, 6.07) is 18.6. The van der Waals surface area contributed by atoms with Gasteiger partial charge in [-0.25, -0.2) is 4.98 Å². The molecule has 0 aliphatic carbocycles. The number of para-hydroxylation sites is 1. The van der Waals surface area contributed by atoms with Gasteiger partial charge in [0.25, 0.3) is 11.8 Å². The Kier molecular flexibility index (Phi) is 5.18. The van der Waals surface area contributed by atoms with Crippen molar-refractivity contribution in [2.24, 2.45) is 0 Å². The standard InChI is InChI=1S/C21H17N3O2S2/c1-2-22-19(25)13-6-5-7-14(12-13)23-20(26)17-10-11-18(27-17)21-24-15-8-3-4-9-16(15)28-21/h3-12H,2H2,1H3,(H,22,25)(H,23,26). The van der Waals surface area contributed by atoms with Gasteiger partial charge in [0.05, 0.1) is 20.0 Å². The second-order valence-corrected chi connectivity index (χ2v) is 8.16. The highest BCUT2D eigenvalue weighted by molar-refractivity contribution is 7.26. The van der Waals surface area contributed by atoms with Gasteiger partial charge < -0.3 is 10.6 Å². The lowest BCUT2D eigenvalue weighted by Crippen LogP contribution is -2.22. The van der Waals surface area contributed by atoms with Gasteiger partial charge in [0.2, 0.25) is 0 Å². The van der Waals surface area contributed by atoms with E-state index >= 15 is 0 Å². The summed E-state index contributed by atoms with van der Waals surface area (Å²) >= 11 is 3.02. The number of rotatable bonds is 5. The van der Waals surface area contributed by atoms with Crippen LogP contribution in [0.5, 0.6) is 0 Å². The van der Waals surface area contributed by atoms with E-state index in [2.05, 4.69) is 15.6 Å². The summed E-state index contributed by atoms with van der Waals surface area (Å²) in [5, 5.41) is 6.52. The molecule has 0 bridgehead atoms. The molecule has 0 saturated heterocycles. The minimum absolute atomic E-state index is 0.159.